The van der Waals surface area contributed by atoms with E-state index in [0.717, 1.165) is 22.0 Å². The topological polar surface area (TPSA) is 72.7 Å². The van der Waals surface area contributed by atoms with Gasteiger partial charge in [-0.05, 0) is 41.8 Å². The number of aromatic hydroxyl groups is 1. The molecule has 4 nitrogen and oxygen atoms in total. The summed E-state index contributed by atoms with van der Waals surface area (Å²) in [4.78, 5) is 7.21. The molecule has 0 radical (unpaired) electrons. The van der Waals surface area contributed by atoms with Gasteiger partial charge < -0.3 is 10.1 Å². The fraction of sp³-hybridized carbons (Fsp3) is 0.125. The highest BCUT2D eigenvalue weighted by atomic mass is 16.3. The summed E-state index contributed by atoms with van der Waals surface area (Å²) in [5, 5.41) is 19.9. The molecule has 2 heterocycles. The second-order valence-electron chi connectivity index (χ2n) is 4.72. The molecule has 0 amide bonds. The molecule has 3 aromatic rings. The van der Waals surface area contributed by atoms with Gasteiger partial charge in [0, 0.05) is 29.5 Å². The fourth-order valence-electron chi connectivity index (χ4n) is 2.40. The number of hydrogen-bond acceptors (Lipinski definition) is 3. The zero-order valence-corrected chi connectivity index (χ0v) is 10.7. The molecular formula is C16H13N3O. The minimum absolute atomic E-state index is 0.205. The number of phenols is 1. The van der Waals surface area contributed by atoms with Crippen LogP contribution in [0.25, 0.3) is 10.9 Å². The average molecular weight is 263 g/mol. The molecule has 2 aromatic heterocycles. The molecule has 3 rings (SSSR count). The third kappa shape index (κ3) is 2.21. The molecule has 0 saturated carbocycles. The predicted molar refractivity (Wildman–Crippen MR) is 76.3 cm³/mol. The SMILES string of the molecule is N#CC(Cc1cccnc1)c1c[nH]c2ccc(O)cc12. The zero-order valence-electron chi connectivity index (χ0n) is 10.7. The van der Waals surface area contributed by atoms with Gasteiger partial charge in [0.05, 0.1) is 12.0 Å². The van der Waals surface area contributed by atoms with Crippen LogP contribution in [0.5, 0.6) is 5.75 Å². The molecule has 0 fully saturated rings. The second kappa shape index (κ2) is 5.06. The summed E-state index contributed by atoms with van der Waals surface area (Å²) in [5.74, 6) is -0.0637. The van der Waals surface area contributed by atoms with E-state index in [9.17, 15) is 10.4 Å². The van der Waals surface area contributed by atoms with Crippen LogP contribution in [0, 0.1) is 11.3 Å². The monoisotopic (exact) mass is 263 g/mol. The second-order valence-corrected chi connectivity index (χ2v) is 4.72. The molecule has 4 heteroatoms. The Morgan fingerprint density at radius 3 is 3.00 bits per heavy atom. The fourth-order valence-corrected chi connectivity index (χ4v) is 2.40. The van der Waals surface area contributed by atoms with E-state index >= 15 is 0 Å². The maximum absolute atomic E-state index is 9.61. The minimum atomic E-state index is -0.269. The Morgan fingerprint density at radius 1 is 1.35 bits per heavy atom. The first-order chi connectivity index (χ1) is 9.78. The van der Waals surface area contributed by atoms with Crippen LogP contribution in [0.15, 0.2) is 48.9 Å². The number of pyridine rings is 1. The Balaban J connectivity index is 2.00. The highest BCUT2D eigenvalue weighted by Crippen LogP contribution is 2.30. The normalized spacial score (nSPS) is 12.2. The lowest BCUT2D eigenvalue weighted by Gasteiger charge is -2.08. The van der Waals surface area contributed by atoms with Gasteiger partial charge in [0.15, 0.2) is 0 Å². The molecule has 20 heavy (non-hydrogen) atoms. The van der Waals surface area contributed by atoms with Gasteiger partial charge in [-0.25, -0.2) is 0 Å². The molecule has 0 spiro atoms. The van der Waals surface area contributed by atoms with Gasteiger partial charge in [0.25, 0.3) is 0 Å². The van der Waals surface area contributed by atoms with Crippen molar-refractivity contribution < 1.29 is 5.11 Å². The minimum Gasteiger partial charge on any atom is -0.508 e. The molecule has 1 aromatic carbocycles. The summed E-state index contributed by atoms with van der Waals surface area (Å²) in [5.41, 5.74) is 2.85. The van der Waals surface area contributed by atoms with Crippen LogP contribution in [-0.4, -0.2) is 15.1 Å². The molecule has 0 aliphatic heterocycles. The van der Waals surface area contributed by atoms with Crippen LogP contribution in [0.2, 0.25) is 0 Å². The number of aromatic nitrogens is 2. The molecule has 98 valence electrons. The van der Waals surface area contributed by atoms with Gasteiger partial charge in [-0.15, -0.1) is 0 Å². The third-order valence-electron chi connectivity index (χ3n) is 3.39. The van der Waals surface area contributed by atoms with E-state index < -0.39 is 0 Å². The number of hydrogen-bond donors (Lipinski definition) is 2. The number of nitriles is 1. The van der Waals surface area contributed by atoms with Crippen LogP contribution in [0.3, 0.4) is 0 Å². The first-order valence-corrected chi connectivity index (χ1v) is 6.36. The number of nitrogens with one attached hydrogen (secondary N) is 1. The first kappa shape index (κ1) is 12.2. The number of H-pyrrole nitrogens is 1. The van der Waals surface area contributed by atoms with Gasteiger partial charge in [-0.3, -0.25) is 4.98 Å². The standard InChI is InChI=1S/C16H13N3O/c17-8-12(6-11-2-1-5-18-9-11)15-10-19-16-4-3-13(20)7-14(15)16/h1-5,7,9-10,12,19-20H,6H2. The van der Waals surface area contributed by atoms with Crippen molar-refractivity contribution in [2.75, 3.05) is 0 Å². The molecule has 0 aliphatic rings. The summed E-state index contributed by atoms with van der Waals surface area (Å²) in [6, 6.07) is 11.3. The molecule has 0 bridgehead atoms. The Morgan fingerprint density at radius 2 is 2.25 bits per heavy atom. The number of phenolic OH excluding ortho intramolecular Hbond substituents is 1. The largest absolute Gasteiger partial charge is 0.508 e. The molecule has 0 saturated heterocycles. The van der Waals surface area contributed by atoms with E-state index in [0.29, 0.717) is 6.42 Å². The van der Waals surface area contributed by atoms with Crippen LogP contribution in [0.4, 0.5) is 0 Å². The van der Waals surface area contributed by atoms with E-state index in [2.05, 4.69) is 16.0 Å². The van der Waals surface area contributed by atoms with Crippen molar-refractivity contribution >= 4 is 10.9 Å². The maximum atomic E-state index is 9.61. The smallest absolute Gasteiger partial charge is 0.116 e. The van der Waals surface area contributed by atoms with Crippen LogP contribution < -0.4 is 0 Å². The highest BCUT2D eigenvalue weighted by Gasteiger charge is 2.16. The Kier molecular flexibility index (Phi) is 3.10. The summed E-state index contributed by atoms with van der Waals surface area (Å²) >= 11 is 0. The van der Waals surface area contributed by atoms with Gasteiger partial charge >= 0.3 is 0 Å². The van der Waals surface area contributed by atoms with E-state index in [1.54, 1.807) is 24.5 Å². The van der Waals surface area contributed by atoms with E-state index in [4.69, 9.17) is 0 Å². The summed E-state index contributed by atoms with van der Waals surface area (Å²) in [6.45, 7) is 0. The first-order valence-electron chi connectivity index (χ1n) is 6.36. The summed E-state index contributed by atoms with van der Waals surface area (Å²) in [6.07, 6.45) is 5.94. The number of nitrogens with zero attached hydrogens (tertiary/aromatic N) is 2. The Hall–Kier alpha value is -2.80. The highest BCUT2D eigenvalue weighted by molar-refractivity contribution is 5.85. The quantitative estimate of drug-likeness (QED) is 0.762. The molecule has 2 N–H and O–H groups in total. The Bertz CT molecular complexity index is 771. The predicted octanol–water partition coefficient (Wildman–Crippen LogP) is 3.12. The molecule has 0 aliphatic carbocycles. The number of benzene rings is 1. The molecule has 1 atom stereocenters. The van der Waals surface area contributed by atoms with Crippen molar-refractivity contribution in [3.8, 4) is 11.8 Å². The lowest BCUT2D eigenvalue weighted by molar-refractivity contribution is 0.476. The molecule has 1 unspecified atom stereocenters. The van der Waals surface area contributed by atoms with Gasteiger partial charge in [-0.2, -0.15) is 5.26 Å². The lowest BCUT2D eigenvalue weighted by Crippen LogP contribution is -2.00. The van der Waals surface area contributed by atoms with Crippen molar-refractivity contribution in [1.82, 2.24) is 9.97 Å². The summed E-state index contributed by atoms with van der Waals surface area (Å²) in [7, 11) is 0. The van der Waals surface area contributed by atoms with Crippen molar-refractivity contribution in [1.29, 1.82) is 5.26 Å². The van der Waals surface area contributed by atoms with Crippen molar-refractivity contribution in [2.24, 2.45) is 0 Å². The summed E-state index contributed by atoms with van der Waals surface area (Å²) < 4.78 is 0. The van der Waals surface area contributed by atoms with E-state index in [-0.39, 0.29) is 11.7 Å². The number of rotatable bonds is 3. The molecular weight excluding hydrogens is 250 g/mol. The van der Waals surface area contributed by atoms with Crippen LogP contribution in [0.1, 0.15) is 17.0 Å². The third-order valence-corrected chi connectivity index (χ3v) is 3.39. The number of aromatic amines is 1. The lowest BCUT2D eigenvalue weighted by atomic mass is 9.93. The average Bonchev–Trinajstić information content (AvgIpc) is 2.89. The van der Waals surface area contributed by atoms with E-state index in [1.165, 1.54) is 0 Å². The van der Waals surface area contributed by atoms with Gasteiger partial charge in [0.1, 0.15) is 5.75 Å². The van der Waals surface area contributed by atoms with Gasteiger partial charge in [0.2, 0.25) is 0 Å². The van der Waals surface area contributed by atoms with Gasteiger partial charge in [-0.1, -0.05) is 6.07 Å². The van der Waals surface area contributed by atoms with Crippen LogP contribution >= 0.6 is 0 Å². The maximum Gasteiger partial charge on any atom is 0.116 e. The van der Waals surface area contributed by atoms with E-state index in [1.807, 2.05) is 24.4 Å². The Labute approximate surface area is 116 Å². The van der Waals surface area contributed by atoms with Crippen molar-refractivity contribution in [3.63, 3.8) is 0 Å². The van der Waals surface area contributed by atoms with Crippen molar-refractivity contribution in [2.45, 2.75) is 12.3 Å². The van der Waals surface area contributed by atoms with Crippen molar-refractivity contribution in [3.05, 3.63) is 60.0 Å². The number of fused-ring (bicyclic) bond motifs is 1. The van der Waals surface area contributed by atoms with Crippen LogP contribution in [-0.2, 0) is 6.42 Å². The zero-order chi connectivity index (χ0) is 13.9.